The van der Waals surface area contributed by atoms with E-state index in [-0.39, 0.29) is 32.2 Å². The van der Waals surface area contributed by atoms with Gasteiger partial charge >= 0.3 is 0 Å². The van der Waals surface area contributed by atoms with Crippen LogP contribution in [0.1, 0.15) is 43.1 Å². The minimum absolute atomic E-state index is 0. The highest BCUT2D eigenvalue weighted by Gasteiger charge is 2.18. The predicted molar refractivity (Wildman–Crippen MR) is 120 cm³/mol. The molecule has 2 aromatic carbocycles. The smallest absolute Gasteiger partial charge is 0.267 e. The van der Waals surface area contributed by atoms with Gasteiger partial charge in [-0.2, -0.15) is 0 Å². The Hall–Kier alpha value is -3.23. The molecule has 0 aliphatic rings. The van der Waals surface area contributed by atoms with Crippen LogP contribution in [-0.4, -0.2) is 42.1 Å². The normalized spacial score (nSPS) is 11.1. The van der Waals surface area contributed by atoms with Gasteiger partial charge < -0.3 is 16.4 Å². The van der Waals surface area contributed by atoms with Crippen LogP contribution in [0, 0.1) is 0 Å². The van der Waals surface area contributed by atoms with Crippen LogP contribution >= 0.6 is 0 Å². The molecule has 2 aromatic rings. The molecule has 0 aliphatic carbocycles. The van der Waals surface area contributed by atoms with E-state index in [0.717, 1.165) is 17.5 Å². The van der Waals surface area contributed by atoms with E-state index in [2.05, 4.69) is 41.8 Å². The number of aryl methyl sites for hydroxylation is 1. The molecule has 0 unspecified atom stereocenters. The van der Waals surface area contributed by atoms with Crippen molar-refractivity contribution in [3.63, 3.8) is 0 Å². The lowest BCUT2D eigenvalue weighted by atomic mass is 10.0. The number of hydrogen-bond acceptors (Lipinski definition) is 5. The van der Waals surface area contributed by atoms with E-state index < -0.39 is 11.9 Å². The number of rotatable bonds is 10. The molecule has 0 saturated heterocycles. The fraction of sp³-hybridized carbons (Fsp3) is 0.348. The van der Waals surface area contributed by atoms with Crippen LogP contribution in [0.15, 0.2) is 48.5 Å². The fourth-order valence-corrected chi connectivity index (χ4v) is 2.88. The fourth-order valence-electron chi connectivity index (χ4n) is 2.88. The Morgan fingerprint density at radius 2 is 1.58 bits per heavy atom. The van der Waals surface area contributed by atoms with Crippen LogP contribution in [0.4, 0.5) is 0 Å². The molecule has 0 aromatic heterocycles. The van der Waals surface area contributed by atoms with Gasteiger partial charge in [-0.1, -0.05) is 50.7 Å². The molecule has 2 rings (SSSR count). The highest BCUT2D eigenvalue weighted by molar-refractivity contribution is 5.94. The van der Waals surface area contributed by atoms with Crippen molar-refractivity contribution in [2.45, 2.75) is 39.7 Å². The molecule has 3 amide bonds. The molecule has 6 N–H and O–H groups in total. The van der Waals surface area contributed by atoms with Gasteiger partial charge in [-0.25, -0.2) is 5.48 Å². The third-order valence-electron chi connectivity index (χ3n) is 4.71. The number of carbonyl (C=O) groups is 3. The Morgan fingerprint density at radius 3 is 2.10 bits per heavy atom. The Kier molecular flexibility index (Phi) is 10.9. The van der Waals surface area contributed by atoms with Crippen LogP contribution < -0.4 is 21.8 Å². The average molecular weight is 429 g/mol. The summed E-state index contributed by atoms with van der Waals surface area (Å²) in [5.41, 5.74) is 10.8. The quantitative estimate of drug-likeness (QED) is 0.224. The predicted octanol–water partition coefficient (Wildman–Crippen LogP) is 2.01. The zero-order valence-electron chi connectivity index (χ0n) is 17.0. The van der Waals surface area contributed by atoms with Crippen molar-refractivity contribution in [2.75, 3.05) is 13.1 Å². The van der Waals surface area contributed by atoms with E-state index in [1.54, 1.807) is 12.1 Å². The molecule has 8 heteroatoms. The van der Waals surface area contributed by atoms with Crippen LogP contribution in [0.5, 0.6) is 0 Å². The molecule has 0 saturated carbocycles. The van der Waals surface area contributed by atoms with E-state index >= 15 is 0 Å². The summed E-state index contributed by atoms with van der Waals surface area (Å²) >= 11 is 0. The Labute approximate surface area is 183 Å². The van der Waals surface area contributed by atoms with Crippen molar-refractivity contribution < 1.29 is 19.6 Å². The topological polar surface area (TPSA) is 134 Å². The van der Waals surface area contributed by atoms with Crippen molar-refractivity contribution in [3.8, 4) is 11.1 Å². The lowest BCUT2D eigenvalue weighted by molar-refractivity contribution is -0.134. The van der Waals surface area contributed by atoms with Gasteiger partial charge in [0, 0.05) is 25.1 Å². The maximum absolute atomic E-state index is 12.3. The number of hydrogen-bond donors (Lipinski definition) is 5. The second kappa shape index (κ2) is 13.1. The molecule has 1 atom stereocenters. The standard InChI is InChI=1S/C22H28N4O4.CH4/c1-2-15-5-7-16(8-6-15)17-9-11-18(12-10-17)21(28)24-13-3-4-20(27)25-19(14-23)22(29)26-30;/h5-12,19,30H,2-4,13-14,23H2,1H3,(H,24,28)(H,25,27)(H,26,29);1H4/t19-;/m0./s1. The first kappa shape index (κ1) is 25.8. The SMILES string of the molecule is C.CCc1ccc(-c2ccc(C(=O)NCCCC(=O)N[C@@H](CN)C(=O)NO)cc2)cc1. The first-order chi connectivity index (χ1) is 14.5. The molecule has 0 heterocycles. The Bertz CT molecular complexity index is 851. The molecular weight excluding hydrogens is 396 g/mol. The van der Waals surface area contributed by atoms with Crippen molar-refractivity contribution in [3.05, 3.63) is 59.7 Å². The molecule has 0 bridgehead atoms. The summed E-state index contributed by atoms with van der Waals surface area (Å²) in [6.45, 7) is 2.29. The van der Waals surface area contributed by atoms with Gasteiger partial charge in [0.15, 0.2) is 0 Å². The zero-order valence-corrected chi connectivity index (χ0v) is 17.0. The van der Waals surface area contributed by atoms with Crippen molar-refractivity contribution in [2.24, 2.45) is 5.73 Å². The summed E-state index contributed by atoms with van der Waals surface area (Å²) in [5.74, 6) is -1.38. The minimum Gasteiger partial charge on any atom is -0.352 e. The number of carbonyl (C=O) groups excluding carboxylic acids is 3. The van der Waals surface area contributed by atoms with Crippen LogP contribution in [0.2, 0.25) is 0 Å². The van der Waals surface area contributed by atoms with Crippen LogP contribution in [-0.2, 0) is 16.0 Å². The maximum Gasteiger partial charge on any atom is 0.267 e. The van der Waals surface area contributed by atoms with E-state index in [1.807, 2.05) is 12.1 Å². The van der Waals surface area contributed by atoms with Crippen molar-refractivity contribution in [1.29, 1.82) is 0 Å². The van der Waals surface area contributed by atoms with Gasteiger partial charge in [0.05, 0.1) is 0 Å². The third kappa shape index (κ3) is 7.84. The molecule has 0 radical (unpaired) electrons. The molecular formula is C23H32N4O4. The minimum atomic E-state index is -0.992. The summed E-state index contributed by atoms with van der Waals surface area (Å²) in [6, 6.07) is 14.7. The van der Waals surface area contributed by atoms with Gasteiger partial charge in [-0.3, -0.25) is 19.6 Å². The summed E-state index contributed by atoms with van der Waals surface area (Å²) in [7, 11) is 0. The lowest BCUT2D eigenvalue weighted by Crippen LogP contribution is -2.50. The number of hydroxylamine groups is 1. The summed E-state index contributed by atoms with van der Waals surface area (Å²) < 4.78 is 0. The highest BCUT2D eigenvalue weighted by atomic mass is 16.5. The van der Waals surface area contributed by atoms with Crippen molar-refractivity contribution in [1.82, 2.24) is 16.1 Å². The van der Waals surface area contributed by atoms with Crippen LogP contribution in [0.25, 0.3) is 11.1 Å². The van der Waals surface area contributed by atoms with Gasteiger partial charge in [-0.05, 0) is 41.7 Å². The second-order valence-corrected chi connectivity index (χ2v) is 6.82. The van der Waals surface area contributed by atoms with Gasteiger partial charge in [-0.15, -0.1) is 0 Å². The summed E-state index contributed by atoms with van der Waals surface area (Å²) in [5, 5.41) is 13.8. The lowest BCUT2D eigenvalue weighted by Gasteiger charge is -2.14. The van der Waals surface area contributed by atoms with Gasteiger partial charge in [0.2, 0.25) is 5.91 Å². The van der Waals surface area contributed by atoms with Gasteiger partial charge in [0.1, 0.15) is 6.04 Å². The number of nitrogens with one attached hydrogen (secondary N) is 3. The van der Waals surface area contributed by atoms with E-state index in [0.29, 0.717) is 18.5 Å². The first-order valence-corrected chi connectivity index (χ1v) is 9.89. The largest absolute Gasteiger partial charge is 0.352 e. The van der Waals surface area contributed by atoms with Gasteiger partial charge in [0.25, 0.3) is 11.8 Å². The Morgan fingerprint density at radius 1 is 1.00 bits per heavy atom. The first-order valence-electron chi connectivity index (χ1n) is 9.89. The molecule has 0 aliphatic heterocycles. The third-order valence-corrected chi connectivity index (χ3v) is 4.71. The van der Waals surface area contributed by atoms with E-state index in [4.69, 9.17) is 10.9 Å². The van der Waals surface area contributed by atoms with Crippen LogP contribution in [0.3, 0.4) is 0 Å². The zero-order chi connectivity index (χ0) is 21.9. The van der Waals surface area contributed by atoms with E-state index in [9.17, 15) is 14.4 Å². The van der Waals surface area contributed by atoms with E-state index in [1.165, 1.54) is 11.0 Å². The van der Waals surface area contributed by atoms with Crippen molar-refractivity contribution >= 4 is 17.7 Å². The summed E-state index contributed by atoms with van der Waals surface area (Å²) in [4.78, 5) is 35.4. The molecule has 8 nitrogen and oxygen atoms in total. The average Bonchev–Trinajstić information content (AvgIpc) is 2.79. The molecule has 0 spiro atoms. The second-order valence-electron chi connectivity index (χ2n) is 6.82. The maximum atomic E-state index is 12.3. The Balaban J connectivity index is 0.00000480. The summed E-state index contributed by atoms with van der Waals surface area (Å²) in [6.07, 6.45) is 1.51. The molecule has 168 valence electrons. The monoisotopic (exact) mass is 428 g/mol. The number of nitrogens with two attached hydrogens (primary N) is 1. The highest BCUT2D eigenvalue weighted by Crippen LogP contribution is 2.20. The molecule has 0 fully saturated rings. The number of benzene rings is 2. The number of amides is 3. The molecule has 31 heavy (non-hydrogen) atoms.